The zero-order valence-electron chi connectivity index (χ0n) is 12.9. The van der Waals surface area contributed by atoms with Crippen LogP contribution >= 0.6 is 0 Å². The molecular formula is C18H22N2O2. The van der Waals surface area contributed by atoms with Crippen LogP contribution in [0.15, 0.2) is 41.0 Å². The monoisotopic (exact) mass is 298 g/mol. The first-order chi connectivity index (χ1) is 10.7. The Bertz CT molecular complexity index is 621. The van der Waals surface area contributed by atoms with E-state index in [4.69, 9.17) is 4.42 Å². The second-order valence-electron chi connectivity index (χ2n) is 6.22. The van der Waals surface area contributed by atoms with Gasteiger partial charge in [-0.05, 0) is 30.9 Å². The third kappa shape index (κ3) is 3.75. The zero-order chi connectivity index (χ0) is 15.4. The maximum Gasteiger partial charge on any atom is 0.226 e. The van der Waals surface area contributed by atoms with Gasteiger partial charge in [-0.2, -0.15) is 0 Å². The highest BCUT2D eigenvalue weighted by Gasteiger charge is 2.21. The van der Waals surface area contributed by atoms with Crippen molar-refractivity contribution in [1.29, 1.82) is 0 Å². The fraction of sp³-hybridized carbons (Fsp3) is 0.444. The van der Waals surface area contributed by atoms with Gasteiger partial charge in [0, 0.05) is 11.6 Å². The van der Waals surface area contributed by atoms with Crippen LogP contribution in [0, 0.1) is 5.92 Å². The van der Waals surface area contributed by atoms with Gasteiger partial charge in [0.05, 0.1) is 12.1 Å². The molecule has 4 nitrogen and oxygen atoms in total. The topological polar surface area (TPSA) is 55.1 Å². The molecule has 3 rings (SSSR count). The van der Waals surface area contributed by atoms with Crippen LogP contribution in [0.5, 0.6) is 0 Å². The van der Waals surface area contributed by atoms with Crippen LogP contribution in [0.2, 0.25) is 0 Å². The molecule has 1 N–H and O–H groups in total. The smallest absolute Gasteiger partial charge is 0.226 e. The summed E-state index contributed by atoms with van der Waals surface area (Å²) in [6.07, 6.45) is 6.50. The molecule has 0 bridgehead atoms. The highest BCUT2D eigenvalue weighted by molar-refractivity contribution is 5.78. The second kappa shape index (κ2) is 6.77. The van der Waals surface area contributed by atoms with Crippen LogP contribution in [0.1, 0.15) is 38.3 Å². The van der Waals surface area contributed by atoms with Gasteiger partial charge in [-0.1, -0.05) is 38.0 Å². The average Bonchev–Trinajstić information content (AvgIpc) is 2.96. The lowest BCUT2D eigenvalue weighted by molar-refractivity contribution is -0.121. The lowest BCUT2D eigenvalue weighted by Gasteiger charge is -2.27. The Morgan fingerprint density at radius 2 is 2.14 bits per heavy atom. The van der Waals surface area contributed by atoms with Crippen molar-refractivity contribution < 1.29 is 9.21 Å². The van der Waals surface area contributed by atoms with Gasteiger partial charge >= 0.3 is 0 Å². The number of amides is 1. The summed E-state index contributed by atoms with van der Waals surface area (Å²) in [4.78, 5) is 16.5. The first kappa shape index (κ1) is 14.8. The minimum absolute atomic E-state index is 0.0343. The Labute approximate surface area is 130 Å². The lowest BCUT2D eigenvalue weighted by atomic mass is 9.87. The standard InChI is InChI=1S/C18H22N2O2/c1-13-6-5-9-15(10-13)19-17(21)11-16-12-22-18(20-16)14-7-3-2-4-8-14/h2-4,7-8,12-13,15H,5-6,9-11H2,1H3,(H,19,21). The molecule has 4 heteroatoms. The average molecular weight is 298 g/mol. The molecule has 0 spiro atoms. The summed E-state index contributed by atoms with van der Waals surface area (Å²) in [5, 5.41) is 3.13. The molecular weight excluding hydrogens is 276 g/mol. The van der Waals surface area contributed by atoms with Crippen LogP contribution < -0.4 is 5.32 Å². The van der Waals surface area contributed by atoms with Gasteiger partial charge in [-0.15, -0.1) is 0 Å². The van der Waals surface area contributed by atoms with E-state index in [0.717, 1.165) is 18.4 Å². The molecule has 0 radical (unpaired) electrons. The van der Waals surface area contributed by atoms with Crippen LogP contribution in [0.4, 0.5) is 0 Å². The summed E-state index contributed by atoms with van der Waals surface area (Å²) in [7, 11) is 0. The predicted octanol–water partition coefficient (Wildman–Crippen LogP) is 3.58. The summed E-state index contributed by atoms with van der Waals surface area (Å²) < 4.78 is 5.47. The first-order valence-electron chi connectivity index (χ1n) is 8.00. The van der Waals surface area contributed by atoms with Crippen molar-refractivity contribution in [2.45, 2.75) is 45.1 Å². The summed E-state index contributed by atoms with van der Waals surface area (Å²) in [5.74, 6) is 1.30. The molecule has 0 saturated heterocycles. The van der Waals surface area contributed by atoms with Crippen molar-refractivity contribution >= 4 is 5.91 Å². The van der Waals surface area contributed by atoms with E-state index in [1.165, 1.54) is 12.8 Å². The van der Waals surface area contributed by atoms with Crippen LogP contribution in [-0.2, 0) is 11.2 Å². The molecule has 1 aromatic carbocycles. The number of carbonyl (C=O) groups is 1. The molecule has 1 saturated carbocycles. The molecule has 1 heterocycles. The SMILES string of the molecule is CC1CCCC(NC(=O)Cc2coc(-c3ccccc3)n2)C1. The van der Waals surface area contributed by atoms with Gasteiger partial charge in [0.2, 0.25) is 11.8 Å². The van der Waals surface area contributed by atoms with E-state index in [0.29, 0.717) is 23.5 Å². The fourth-order valence-electron chi connectivity index (χ4n) is 3.11. The van der Waals surface area contributed by atoms with Crippen molar-refractivity contribution in [1.82, 2.24) is 10.3 Å². The maximum absolute atomic E-state index is 12.1. The normalized spacial score (nSPS) is 21.5. The highest BCUT2D eigenvalue weighted by atomic mass is 16.3. The van der Waals surface area contributed by atoms with Gasteiger partial charge < -0.3 is 9.73 Å². The molecule has 2 atom stereocenters. The largest absolute Gasteiger partial charge is 0.444 e. The minimum Gasteiger partial charge on any atom is -0.444 e. The number of oxazole rings is 1. The Hall–Kier alpha value is -2.10. The van der Waals surface area contributed by atoms with Crippen LogP contribution in [-0.4, -0.2) is 16.9 Å². The van der Waals surface area contributed by atoms with E-state index in [2.05, 4.69) is 17.2 Å². The molecule has 2 aromatic rings. The fourth-order valence-corrected chi connectivity index (χ4v) is 3.11. The summed E-state index contributed by atoms with van der Waals surface area (Å²) >= 11 is 0. The molecule has 1 aromatic heterocycles. The molecule has 22 heavy (non-hydrogen) atoms. The van der Waals surface area contributed by atoms with Crippen molar-refractivity contribution in [2.75, 3.05) is 0 Å². The van der Waals surface area contributed by atoms with Gasteiger partial charge in [0.15, 0.2) is 0 Å². The molecule has 0 aliphatic heterocycles. The van der Waals surface area contributed by atoms with E-state index in [1.54, 1.807) is 6.26 Å². The van der Waals surface area contributed by atoms with Crippen LogP contribution in [0.25, 0.3) is 11.5 Å². The van der Waals surface area contributed by atoms with Crippen molar-refractivity contribution in [3.63, 3.8) is 0 Å². The molecule has 1 amide bonds. The number of hydrogen-bond acceptors (Lipinski definition) is 3. The number of nitrogens with one attached hydrogen (secondary N) is 1. The second-order valence-corrected chi connectivity index (χ2v) is 6.22. The van der Waals surface area contributed by atoms with Gasteiger partial charge in [0.1, 0.15) is 6.26 Å². The summed E-state index contributed by atoms with van der Waals surface area (Å²) in [5.41, 5.74) is 1.61. The number of carbonyl (C=O) groups excluding carboxylic acids is 1. The van der Waals surface area contributed by atoms with Gasteiger partial charge in [0.25, 0.3) is 0 Å². The van der Waals surface area contributed by atoms with E-state index in [1.807, 2.05) is 30.3 Å². The predicted molar refractivity (Wildman–Crippen MR) is 85.2 cm³/mol. The molecule has 1 aliphatic rings. The van der Waals surface area contributed by atoms with Crippen LogP contribution in [0.3, 0.4) is 0 Å². The Morgan fingerprint density at radius 3 is 2.91 bits per heavy atom. The van der Waals surface area contributed by atoms with Crippen molar-refractivity contribution in [3.05, 3.63) is 42.3 Å². The van der Waals surface area contributed by atoms with Gasteiger partial charge in [-0.25, -0.2) is 4.98 Å². The molecule has 1 aliphatic carbocycles. The number of rotatable bonds is 4. The summed E-state index contributed by atoms with van der Waals surface area (Å²) in [6, 6.07) is 10.0. The molecule has 116 valence electrons. The van der Waals surface area contributed by atoms with E-state index >= 15 is 0 Å². The third-order valence-corrected chi connectivity index (χ3v) is 4.22. The Balaban J connectivity index is 1.57. The third-order valence-electron chi connectivity index (χ3n) is 4.22. The molecule has 1 fully saturated rings. The summed E-state index contributed by atoms with van der Waals surface area (Å²) in [6.45, 7) is 2.25. The number of nitrogens with zero attached hydrogens (tertiary/aromatic N) is 1. The first-order valence-corrected chi connectivity index (χ1v) is 8.00. The zero-order valence-corrected chi connectivity index (χ0v) is 12.9. The van der Waals surface area contributed by atoms with Crippen molar-refractivity contribution in [3.8, 4) is 11.5 Å². The highest BCUT2D eigenvalue weighted by Crippen LogP contribution is 2.23. The number of hydrogen-bond donors (Lipinski definition) is 1. The lowest BCUT2D eigenvalue weighted by Crippen LogP contribution is -2.38. The maximum atomic E-state index is 12.1. The Kier molecular flexibility index (Phi) is 4.56. The minimum atomic E-state index is 0.0343. The van der Waals surface area contributed by atoms with E-state index in [9.17, 15) is 4.79 Å². The molecule has 2 unspecified atom stereocenters. The Morgan fingerprint density at radius 1 is 1.32 bits per heavy atom. The van der Waals surface area contributed by atoms with Crippen molar-refractivity contribution in [2.24, 2.45) is 5.92 Å². The van der Waals surface area contributed by atoms with E-state index < -0.39 is 0 Å². The number of benzene rings is 1. The van der Waals surface area contributed by atoms with Gasteiger partial charge in [-0.3, -0.25) is 4.79 Å². The quantitative estimate of drug-likeness (QED) is 0.938. The van der Waals surface area contributed by atoms with E-state index in [-0.39, 0.29) is 12.3 Å². The number of aromatic nitrogens is 1.